The highest BCUT2D eigenvalue weighted by Crippen LogP contribution is 2.28. The Morgan fingerprint density at radius 1 is 1.00 bits per heavy atom. The van der Waals surface area contributed by atoms with Gasteiger partial charge < -0.3 is 10.1 Å². The molecule has 1 N–H and O–H groups in total. The number of thiazole rings is 1. The van der Waals surface area contributed by atoms with Crippen LogP contribution >= 0.6 is 27.3 Å². The summed E-state index contributed by atoms with van der Waals surface area (Å²) in [6, 6.07) is 27.3. The molecule has 1 heterocycles. The molecule has 0 aliphatic heterocycles. The Bertz CT molecular complexity index is 1210. The highest BCUT2D eigenvalue weighted by Gasteiger charge is 2.09. The van der Waals surface area contributed by atoms with Crippen LogP contribution in [0.25, 0.3) is 16.8 Å². The molecule has 4 aromatic rings. The Morgan fingerprint density at radius 3 is 2.50 bits per heavy atom. The number of benzene rings is 3. The minimum atomic E-state index is 0.478. The molecule has 0 fully saturated rings. The predicted molar refractivity (Wildman–Crippen MR) is 125 cm³/mol. The summed E-state index contributed by atoms with van der Waals surface area (Å²) in [5, 5.41) is 15.4. The van der Waals surface area contributed by atoms with Crippen LogP contribution < -0.4 is 10.1 Å². The van der Waals surface area contributed by atoms with Crippen LogP contribution in [0, 0.1) is 11.3 Å². The van der Waals surface area contributed by atoms with Gasteiger partial charge in [0.15, 0.2) is 0 Å². The van der Waals surface area contributed by atoms with E-state index in [-0.39, 0.29) is 0 Å². The number of ether oxygens (including phenoxy) is 1. The number of hydrogen-bond acceptors (Lipinski definition) is 5. The summed E-state index contributed by atoms with van der Waals surface area (Å²) in [4.78, 5) is 4.61. The molecule has 6 heteroatoms. The topological polar surface area (TPSA) is 57.9 Å². The van der Waals surface area contributed by atoms with E-state index in [4.69, 9.17) is 4.74 Å². The van der Waals surface area contributed by atoms with Crippen molar-refractivity contribution in [3.05, 3.63) is 99.9 Å². The third-order valence-corrected chi connectivity index (χ3v) is 5.56. The summed E-state index contributed by atoms with van der Waals surface area (Å²) in [5.74, 6) is 1.53. The van der Waals surface area contributed by atoms with Gasteiger partial charge in [0.1, 0.15) is 28.1 Å². The normalized spacial score (nSPS) is 11.0. The molecule has 0 unspecified atom stereocenters. The maximum atomic E-state index is 9.57. The van der Waals surface area contributed by atoms with Crippen molar-refractivity contribution < 1.29 is 4.74 Å². The van der Waals surface area contributed by atoms with Gasteiger partial charge in [0.25, 0.3) is 0 Å². The molecule has 146 valence electrons. The molecule has 0 atom stereocenters. The van der Waals surface area contributed by atoms with Gasteiger partial charge in [-0.1, -0.05) is 46.3 Å². The van der Waals surface area contributed by atoms with Gasteiger partial charge in [0, 0.05) is 27.3 Å². The number of rotatable bonds is 6. The summed E-state index contributed by atoms with van der Waals surface area (Å²) in [5.41, 5.74) is 3.18. The highest BCUT2D eigenvalue weighted by molar-refractivity contribution is 9.10. The molecule has 3 aromatic carbocycles. The summed E-state index contributed by atoms with van der Waals surface area (Å²) < 4.78 is 6.79. The largest absolute Gasteiger partial charge is 0.457 e. The fourth-order valence-electron chi connectivity index (χ4n) is 2.72. The third-order valence-electron chi connectivity index (χ3n) is 4.19. The number of allylic oxidation sites excluding steroid dienone is 1. The van der Waals surface area contributed by atoms with Crippen LogP contribution in [0.3, 0.4) is 0 Å². The second-order valence-electron chi connectivity index (χ2n) is 6.30. The minimum absolute atomic E-state index is 0.478. The van der Waals surface area contributed by atoms with Crippen LogP contribution in [0.1, 0.15) is 5.01 Å². The van der Waals surface area contributed by atoms with Crippen LogP contribution in [0.15, 0.2) is 94.9 Å². The van der Waals surface area contributed by atoms with Gasteiger partial charge in [-0.2, -0.15) is 5.26 Å². The average molecular weight is 474 g/mol. The lowest BCUT2D eigenvalue weighted by Gasteiger charge is -2.07. The van der Waals surface area contributed by atoms with Crippen molar-refractivity contribution in [3.8, 4) is 28.8 Å². The number of nitriles is 1. The Balaban J connectivity index is 1.45. The van der Waals surface area contributed by atoms with Crippen molar-refractivity contribution in [1.29, 1.82) is 5.26 Å². The number of para-hydroxylation sites is 1. The van der Waals surface area contributed by atoms with Gasteiger partial charge in [-0.25, -0.2) is 4.98 Å². The van der Waals surface area contributed by atoms with Gasteiger partial charge in [-0.05, 0) is 48.5 Å². The van der Waals surface area contributed by atoms with Gasteiger partial charge in [-0.3, -0.25) is 0 Å². The zero-order valence-electron chi connectivity index (χ0n) is 15.7. The molecule has 0 saturated heterocycles. The number of aromatic nitrogens is 1. The third kappa shape index (κ3) is 4.95. The van der Waals surface area contributed by atoms with Gasteiger partial charge >= 0.3 is 0 Å². The van der Waals surface area contributed by atoms with E-state index in [0.717, 1.165) is 32.9 Å². The Kier molecular flexibility index (Phi) is 6.23. The van der Waals surface area contributed by atoms with Crippen molar-refractivity contribution in [2.45, 2.75) is 0 Å². The van der Waals surface area contributed by atoms with Gasteiger partial charge in [0.05, 0.1) is 5.69 Å². The van der Waals surface area contributed by atoms with Crippen LogP contribution in [-0.2, 0) is 0 Å². The maximum absolute atomic E-state index is 9.57. The molecule has 30 heavy (non-hydrogen) atoms. The van der Waals surface area contributed by atoms with E-state index < -0.39 is 0 Å². The molecule has 4 rings (SSSR count). The van der Waals surface area contributed by atoms with Crippen LogP contribution in [0.2, 0.25) is 0 Å². The number of nitrogens with one attached hydrogen (secondary N) is 1. The Labute approximate surface area is 187 Å². The average Bonchev–Trinajstić information content (AvgIpc) is 3.26. The molecular formula is C24H16BrN3OS. The van der Waals surface area contributed by atoms with Crippen molar-refractivity contribution in [2.24, 2.45) is 0 Å². The fourth-order valence-corrected chi connectivity index (χ4v) is 3.91. The van der Waals surface area contributed by atoms with Crippen molar-refractivity contribution in [3.63, 3.8) is 0 Å². The number of halogens is 1. The monoisotopic (exact) mass is 473 g/mol. The summed E-state index contributed by atoms with van der Waals surface area (Å²) >= 11 is 4.92. The molecule has 0 bridgehead atoms. The first-order chi connectivity index (χ1) is 14.7. The standard InChI is InChI=1S/C24H16BrN3OS/c25-19-6-4-5-17(13-19)23-16-30-24(28-23)18(14-26)15-27-20-9-11-22(12-10-20)29-21-7-2-1-3-8-21/h1-13,15-16,27H/b18-15+. The molecule has 0 radical (unpaired) electrons. The molecule has 0 amide bonds. The highest BCUT2D eigenvalue weighted by atomic mass is 79.9. The lowest BCUT2D eigenvalue weighted by Crippen LogP contribution is -1.91. The van der Waals surface area contributed by atoms with E-state index in [1.165, 1.54) is 11.3 Å². The number of nitrogens with zero attached hydrogens (tertiary/aromatic N) is 2. The fraction of sp³-hybridized carbons (Fsp3) is 0. The van der Waals surface area contributed by atoms with E-state index >= 15 is 0 Å². The molecule has 0 spiro atoms. The Hall–Kier alpha value is -3.40. The quantitative estimate of drug-likeness (QED) is 0.297. The van der Waals surface area contributed by atoms with E-state index in [9.17, 15) is 5.26 Å². The first-order valence-corrected chi connectivity index (χ1v) is 10.8. The number of hydrogen-bond donors (Lipinski definition) is 1. The minimum Gasteiger partial charge on any atom is -0.457 e. The predicted octanol–water partition coefficient (Wildman–Crippen LogP) is 7.34. The smallest absolute Gasteiger partial charge is 0.136 e. The van der Waals surface area contributed by atoms with Gasteiger partial charge in [0.2, 0.25) is 0 Å². The zero-order valence-corrected chi connectivity index (χ0v) is 18.2. The summed E-state index contributed by atoms with van der Waals surface area (Å²) in [6.07, 6.45) is 1.68. The maximum Gasteiger partial charge on any atom is 0.136 e. The zero-order chi connectivity index (χ0) is 20.8. The molecular weight excluding hydrogens is 458 g/mol. The first-order valence-electron chi connectivity index (χ1n) is 9.13. The molecule has 1 aromatic heterocycles. The van der Waals surface area contributed by atoms with Crippen molar-refractivity contribution >= 4 is 38.5 Å². The van der Waals surface area contributed by atoms with Crippen molar-refractivity contribution in [1.82, 2.24) is 4.98 Å². The Morgan fingerprint density at radius 2 is 1.77 bits per heavy atom. The molecule has 4 nitrogen and oxygen atoms in total. The summed E-state index contributed by atoms with van der Waals surface area (Å²) in [6.45, 7) is 0. The first kappa shape index (κ1) is 19.9. The molecule has 0 aliphatic carbocycles. The SMILES string of the molecule is N#C/C(=C\Nc1ccc(Oc2ccccc2)cc1)c1nc(-c2cccc(Br)c2)cs1. The second-order valence-corrected chi connectivity index (χ2v) is 8.08. The van der Waals surface area contributed by atoms with E-state index in [1.807, 2.05) is 84.2 Å². The lowest BCUT2D eigenvalue weighted by molar-refractivity contribution is 0.483. The van der Waals surface area contributed by atoms with E-state index in [1.54, 1.807) is 6.20 Å². The molecule has 0 aliphatic rings. The lowest BCUT2D eigenvalue weighted by atomic mass is 10.2. The number of anilines is 1. The second kappa shape index (κ2) is 9.40. The summed E-state index contributed by atoms with van der Waals surface area (Å²) in [7, 11) is 0. The van der Waals surface area contributed by atoms with Crippen molar-refractivity contribution in [2.75, 3.05) is 5.32 Å². The van der Waals surface area contributed by atoms with Crippen LogP contribution in [0.4, 0.5) is 5.69 Å². The van der Waals surface area contributed by atoms with Crippen LogP contribution in [0.5, 0.6) is 11.5 Å². The van der Waals surface area contributed by atoms with Crippen LogP contribution in [-0.4, -0.2) is 4.98 Å². The van der Waals surface area contributed by atoms with Gasteiger partial charge in [-0.15, -0.1) is 11.3 Å². The molecule has 0 saturated carbocycles. The van der Waals surface area contributed by atoms with E-state index in [0.29, 0.717) is 10.6 Å². The van der Waals surface area contributed by atoms with E-state index in [2.05, 4.69) is 32.3 Å².